The highest BCUT2D eigenvalue weighted by Gasteiger charge is 2.11. The van der Waals surface area contributed by atoms with Gasteiger partial charge < -0.3 is 5.11 Å². The highest BCUT2D eigenvalue weighted by molar-refractivity contribution is 14.1. The predicted octanol–water partition coefficient (Wildman–Crippen LogP) is 4.15. The second-order valence-corrected chi connectivity index (χ2v) is 5.44. The van der Waals surface area contributed by atoms with Crippen LogP contribution in [-0.2, 0) is 0 Å². The summed E-state index contributed by atoms with van der Waals surface area (Å²) in [5.74, 6) is 0.601. The van der Waals surface area contributed by atoms with E-state index in [9.17, 15) is 5.11 Å². The van der Waals surface area contributed by atoms with Gasteiger partial charge in [0.25, 0.3) is 0 Å². The van der Waals surface area contributed by atoms with Gasteiger partial charge in [-0.25, -0.2) is 0 Å². The van der Waals surface area contributed by atoms with Crippen LogP contribution in [0.4, 0.5) is 0 Å². The van der Waals surface area contributed by atoms with Crippen LogP contribution in [0.3, 0.4) is 0 Å². The molecule has 0 saturated carbocycles. The first-order valence-electron chi connectivity index (χ1n) is 5.57. The van der Waals surface area contributed by atoms with Gasteiger partial charge in [0.2, 0.25) is 0 Å². The molecule has 2 atom stereocenters. The Balaban J connectivity index is 2.53. The van der Waals surface area contributed by atoms with Crippen molar-refractivity contribution in [2.45, 2.75) is 39.2 Å². The first kappa shape index (κ1) is 13.0. The van der Waals surface area contributed by atoms with Crippen molar-refractivity contribution in [3.05, 3.63) is 33.4 Å². The second kappa shape index (κ2) is 6.48. The van der Waals surface area contributed by atoms with E-state index in [-0.39, 0.29) is 6.10 Å². The molecule has 84 valence electrons. The minimum atomic E-state index is -0.302. The summed E-state index contributed by atoms with van der Waals surface area (Å²) in [6.45, 7) is 4.40. The molecule has 0 fully saturated rings. The van der Waals surface area contributed by atoms with Gasteiger partial charge in [-0.3, -0.25) is 0 Å². The molecule has 2 heteroatoms. The summed E-state index contributed by atoms with van der Waals surface area (Å²) in [6, 6.07) is 8.13. The third kappa shape index (κ3) is 4.51. The molecule has 1 nitrogen and oxygen atoms in total. The van der Waals surface area contributed by atoms with E-state index in [4.69, 9.17) is 0 Å². The molecule has 1 rings (SSSR count). The van der Waals surface area contributed by atoms with E-state index in [0.717, 1.165) is 12.0 Å². The fraction of sp³-hybridized carbons (Fsp3) is 0.538. The summed E-state index contributed by atoms with van der Waals surface area (Å²) in [6.07, 6.45) is 2.96. The van der Waals surface area contributed by atoms with Gasteiger partial charge >= 0.3 is 0 Å². The van der Waals surface area contributed by atoms with Crippen LogP contribution in [0.25, 0.3) is 0 Å². The van der Waals surface area contributed by atoms with Crippen molar-refractivity contribution >= 4 is 22.6 Å². The van der Waals surface area contributed by atoms with Crippen molar-refractivity contribution in [1.82, 2.24) is 0 Å². The van der Waals surface area contributed by atoms with Crippen LogP contribution >= 0.6 is 22.6 Å². The van der Waals surface area contributed by atoms with Crippen molar-refractivity contribution in [3.63, 3.8) is 0 Å². The summed E-state index contributed by atoms with van der Waals surface area (Å²) < 4.78 is 1.21. The summed E-state index contributed by atoms with van der Waals surface area (Å²) in [5, 5.41) is 10.0. The maximum Gasteiger partial charge on any atom is 0.0792 e. The Kier molecular flexibility index (Phi) is 5.61. The molecular formula is C13H19IO. The number of rotatable bonds is 5. The molecule has 0 aliphatic rings. The number of hydrogen-bond donors (Lipinski definition) is 1. The van der Waals surface area contributed by atoms with Crippen molar-refractivity contribution in [3.8, 4) is 0 Å². The van der Waals surface area contributed by atoms with Crippen molar-refractivity contribution in [2.24, 2.45) is 5.92 Å². The molecule has 1 aromatic rings. The fourth-order valence-electron chi connectivity index (χ4n) is 1.81. The van der Waals surface area contributed by atoms with Crippen LogP contribution in [0.15, 0.2) is 24.3 Å². The second-order valence-electron chi connectivity index (χ2n) is 4.20. The molecule has 1 aromatic carbocycles. The van der Waals surface area contributed by atoms with E-state index in [1.807, 2.05) is 24.3 Å². The molecule has 0 aliphatic heterocycles. The Labute approximate surface area is 106 Å². The molecular weight excluding hydrogens is 299 g/mol. The van der Waals surface area contributed by atoms with E-state index < -0.39 is 0 Å². The van der Waals surface area contributed by atoms with E-state index >= 15 is 0 Å². The summed E-state index contributed by atoms with van der Waals surface area (Å²) in [7, 11) is 0. The number of halogens is 1. The van der Waals surface area contributed by atoms with E-state index in [1.54, 1.807) is 0 Å². The van der Waals surface area contributed by atoms with Crippen LogP contribution in [0.2, 0.25) is 0 Å². The first-order chi connectivity index (χ1) is 7.13. The van der Waals surface area contributed by atoms with Crippen LogP contribution in [0.1, 0.15) is 44.8 Å². The van der Waals surface area contributed by atoms with Crippen LogP contribution in [0, 0.1) is 9.49 Å². The minimum absolute atomic E-state index is 0.302. The Bertz CT molecular complexity index is 281. The highest BCUT2D eigenvalue weighted by Crippen LogP contribution is 2.24. The Morgan fingerprint density at radius 3 is 2.40 bits per heavy atom. The van der Waals surface area contributed by atoms with E-state index in [1.165, 1.54) is 16.4 Å². The largest absolute Gasteiger partial charge is 0.388 e. The van der Waals surface area contributed by atoms with Gasteiger partial charge in [-0.2, -0.15) is 0 Å². The molecule has 0 radical (unpaired) electrons. The van der Waals surface area contributed by atoms with E-state index in [2.05, 4.69) is 36.4 Å². The van der Waals surface area contributed by atoms with Gasteiger partial charge in [0.1, 0.15) is 0 Å². The Hall–Kier alpha value is -0.0900. The predicted molar refractivity (Wildman–Crippen MR) is 72.8 cm³/mol. The molecule has 0 saturated heterocycles. The van der Waals surface area contributed by atoms with Gasteiger partial charge in [-0.05, 0) is 52.6 Å². The lowest BCUT2D eigenvalue weighted by atomic mass is 9.95. The van der Waals surface area contributed by atoms with Crippen LogP contribution in [0.5, 0.6) is 0 Å². The number of aliphatic hydroxyl groups is 1. The molecule has 0 aliphatic carbocycles. The fourth-order valence-corrected chi connectivity index (χ4v) is 2.17. The monoisotopic (exact) mass is 318 g/mol. The standard InChI is InChI=1S/C13H19IO/c1-3-4-10(2)9-13(15)11-5-7-12(14)8-6-11/h5-8,10,13,15H,3-4,9H2,1-2H3. The summed E-state index contributed by atoms with van der Waals surface area (Å²) >= 11 is 2.28. The normalized spacial score (nSPS) is 14.9. The third-order valence-electron chi connectivity index (χ3n) is 2.66. The third-order valence-corrected chi connectivity index (χ3v) is 3.38. The maximum atomic E-state index is 10.0. The minimum Gasteiger partial charge on any atom is -0.388 e. The zero-order chi connectivity index (χ0) is 11.3. The lowest BCUT2D eigenvalue weighted by Gasteiger charge is -2.16. The Morgan fingerprint density at radius 2 is 1.87 bits per heavy atom. The van der Waals surface area contributed by atoms with Crippen LogP contribution < -0.4 is 0 Å². The lowest BCUT2D eigenvalue weighted by molar-refractivity contribution is 0.145. The maximum absolute atomic E-state index is 10.0. The molecule has 0 amide bonds. The van der Waals surface area contributed by atoms with Gasteiger partial charge in [-0.15, -0.1) is 0 Å². The topological polar surface area (TPSA) is 20.2 Å². The van der Waals surface area contributed by atoms with Crippen molar-refractivity contribution < 1.29 is 5.11 Å². The van der Waals surface area contributed by atoms with Crippen molar-refractivity contribution in [1.29, 1.82) is 0 Å². The summed E-state index contributed by atoms with van der Waals surface area (Å²) in [4.78, 5) is 0. The Morgan fingerprint density at radius 1 is 1.27 bits per heavy atom. The zero-order valence-corrected chi connectivity index (χ0v) is 11.6. The molecule has 15 heavy (non-hydrogen) atoms. The molecule has 0 aromatic heterocycles. The average Bonchev–Trinajstić information content (AvgIpc) is 2.18. The first-order valence-corrected chi connectivity index (χ1v) is 6.65. The molecule has 1 N–H and O–H groups in total. The van der Waals surface area contributed by atoms with Gasteiger partial charge in [0, 0.05) is 3.57 Å². The smallest absolute Gasteiger partial charge is 0.0792 e. The molecule has 0 spiro atoms. The zero-order valence-electron chi connectivity index (χ0n) is 9.41. The number of aliphatic hydroxyl groups excluding tert-OH is 1. The average molecular weight is 318 g/mol. The SMILES string of the molecule is CCCC(C)CC(O)c1ccc(I)cc1. The highest BCUT2D eigenvalue weighted by atomic mass is 127. The quantitative estimate of drug-likeness (QED) is 0.809. The number of hydrogen-bond acceptors (Lipinski definition) is 1. The van der Waals surface area contributed by atoms with Crippen LogP contribution in [-0.4, -0.2) is 5.11 Å². The lowest BCUT2D eigenvalue weighted by Crippen LogP contribution is -2.04. The van der Waals surface area contributed by atoms with Gasteiger partial charge in [0.15, 0.2) is 0 Å². The van der Waals surface area contributed by atoms with Gasteiger partial charge in [0.05, 0.1) is 6.10 Å². The van der Waals surface area contributed by atoms with Gasteiger partial charge in [-0.1, -0.05) is 38.8 Å². The summed E-state index contributed by atoms with van der Waals surface area (Å²) in [5.41, 5.74) is 1.04. The molecule has 2 unspecified atom stereocenters. The molecule has 0 bridgehead atoms. The van der Waals surface area contributed by atoms with Crippen molar-refractivity contribution in [2.75, 3.05) is 0 Å². The molecule has 0 heterocycles. The number of benzene rings is 1. The van der Waals surface area contributed by atoms with E-state index in [0.29, 0.717) is 5.92 Å².